The average Bonchev–Trinajstić information content (AvgIpc) is 2.35. The summed E-state index contributed by atoms with van der Waals surface area (Å²) >= 11 is 0. The molecule has 3 N–H and O–H groups in total. The Morgan fingerprint density at radius 1 is 1.06 bits per heavy atom. The van der Waals surface area contributed by atoms with E-state index in [-0.39, 0.29) is 5.92 Å². The fourth-order valence-electron chi connectivity index (χ4n) is 2.92. The molecule has 0 heterocycles. The summed E-state index contributed by atoms with van der Waals surface area (Å²) in [7, 11) is 0. The molecule has 1 aliphatic carbocycles. The Morgan fingerprint density at radius 2 is 1.65 bits per heavy atom. The van der Waals surface area contributed by atoms with Crippen molar-refractivity contribution in [1.29, 1.82) is 0 Å². The minimum Gasteiger partial charge on any atom is -0.390 e. The maximum Gasteiger partial charge on any atom is 0.107 e. The summed E-state index contributed by atoms with van der Waals surface area (Å²) in [4.78, 5) is 0. The lowest BCUT2D eigenvalue weighted by molar-refractivity contribution is -0.138. The van der Waals surface area contributed by atoms with Crippen LogP contribution in [-0.2, 0) is 5.41 Å². The molecule has 1 aromatic carbocycles. The standard InChI is InChI=1S/C14H20O3/c1-9-8-14(2,10-6-4-3-5-7-10)13(17)12(16)11(9)15/h3-7,9,11-13,15-17H,8H2,1-2H3/t9?,11-,12?,13-,14?/m1/s1. The number of hydrogen-bond acceptors (Lipinski definition) is 3. The van der Waals surface area contributed by atoms with Crippen LogP contribution in [0.1, 0.15) is 25.8 Å². The first kappa shape index (κ1) is 12.6. The molecule has 2 rings (SSSR count). The van der Waals surface area contributed by atoms with Crippen LogP contribution in [0.15, 0.2) is 30.3 Å². The van der Waals surface area contributed by atoms with E-state index in [2.05, 4.69) is 0 Å². The van der Waals surface area contributed by atoms with E-state index < -0.39 is 23.7 Å². The Kier molecular flexibility index (Phi) is 3.25. The van der Waals surface area contributed by atoms with Gasteiger partial charge in [-0.05, 0) is 17.9 Å². The molecule has 5 atom stereocenters. The van der Waals surface area contributed by atoms with Gasteiger partial charge in [-0.3, -0.25) is 0 Å². The molecule has 0 bridgehead atoms. The van der Waals surface area contributed by atoms with E-state index in [1.807, 2.05) is 44.2 Å². The van der Waals surface area contributed by atoms with Crippen LogP contribution in [0, 0.1) is 5.92 Å². The first-order valence-electron chi connectivity index (χ1n) is 6.06. The number of aliphatic hydroxyl groups is 3. The third kappa shape index (κ3) is 1.99. The molecule has 0 radical (unpaired) electrons. The van der Waals surface area contributed by atoms with Gasteiger partial charge in [0.15, 0.2) is 0 Å². The highest BCUT2D eigenvalue weighted by Gasteiger charge is 2.48. The van der Waals surface area contributed by atoms with Crippen molar-refractivity contribution in [2.75, 3.05) is 0 Å². The third-order valence-corrected chi connectivity index (χ3v) is 4.09. The van der Waals surface area contributed by atoms with Crippen LogP contribution < -0.4 is 0 Å². The summed E-state index contributed by atoms with van der Waals surface area (Å²) in [6.07, 6.45) is -2.20. The van der Waals surface area contributed by atoms with Crippen LogP contribution in [0.5, 0.6) is 0 Å². The second-order valence-corrected chi connectivity index (χ2v) is 5.39. The molecule has 17 heavy (non-hydrogen) atoms. The van der Waals surface area contributed by atoms with Gasteiger partial charge < -0.3 is 15.3 Å². The summed E-state index contributed by atoms with van der Waals surface area (Å²) in [5, 5.41) is 29.9. The topological polar surface area (TPSA) is 60.7 Å². The zero-order valence-electron chi connectivity index (χ0n) is 10.2. The highest BCUT2D eigenvalue weighted by Crippen LogP contribution is 2.41. The van der Waals surface area contributed by atoms with Crippen molar-refractivity contribution in [3.8, 4) is 0 Å². The fraction of sp³-hybridized carbons (Fsp3) is 0.571. The molecular weight excluding hydrogens is 216 g/mol. The van der Waals surface area contributed by atoms with Gasteiger partial charge in [0.25, 0.3) is 0 Å². The lowest BCUT2D eigenvalue weighted by Gasteiger charge is -2.46. The molecule has 0 saturated heterocycles. The Bertz CT molecular complexity index is 378. The largest absolute Gasteiger partial charge is 0.390 e. The van der Waals surface area contributed by atoms with E-state index in [0.29, 0.717) is 6.42 Å². The van der Waals surface area contributed by atoms with Crippen LogP contribution in [0.25, 0.3) is 0 Å². The molecule has 0 aromatic heterocycles. The summed E-state index contributed by atoms with van der Waals surface area (Å²) in [6.45, 7) is 3.85. The van der Waals surface area contributed by atoms with E-state index in [9.17, 15) is 15.3 Å². The van der Waals surface area contributed by atoms with Gasteiger partial charge in [-0.25, -0.2) is 0 Å². The molecule has 0 aliphatic heterocycles. The van der Waals surface area contributed by atoms with Crippen molar-refractivity contribution >= 4 is 0 Å². The zero-order valence-corrected chi connectivity index (χ0v) is 10.2. The van der Waals surface area contributed by atoms with E-state index in [4.69, 9.17) is 0 Å². The van der Waals surface area contributed by atoms with E-state index in [1.54, 1.807) is 0 Å². The minimum atomic E-state index is -1.08. The van der Waals surface area contributed by atoms with Gasteiger partial charge in [0, 0.05) is 5.41 Å². The van der Waals surface area contributed by atoms with Crippen molar-refractivity contribution in [3.05, 3.63) is 35.9 Å². The monoisotopic (exact) mass is 236 g/mol. The predicted molar refractivity (Wildman–Crippen MR) is 65.6 cm³/mol. The summed E-state index contributed by atoms with van der Waals surface area (Å²) in [5.74, 6) is -0.0291. The predicted octanol–water partition coefficient (Wildman–Crippen LogP) is 1.07. The first-order valence-corrected chi connectivity index (χ1v) is 6.06. The van der Waals surface area contributed by atoms with Gasteiger partial charge in [0.05, 0.1) is 12.2 Å². The normalized spacial score (nSPS) is 42.4. The van der Waals surface area contributed by atoms with Crippen LogP contribution in [-0.4, -0.2) is 33.6 Å². The van der Waals surface area contributed by atoms with Crippen LogP contribution in [0.2, 0.25) is 0 Å². The summed E-state index contributed by atoms with van der Waals surface area (Å²) in [5.41, 5.74) is 0.504. The van der Waals surface area contributed by atoms with Crippen molar-refractivity contribution < 1.29 is 15.3 Å². The van der Waals surface area contributed by atoms with Crippen molar-refractivity contribution in [2.45, 2.75) is 44.0 Å². The molecule has 1 saturated carbocycles. The molecule has 1 fully saturated rings. The second kappa shape index (κ2) is 4.41. The van der Waals surface area contributed by atoms with Crippen LogP contribution >= 0.6 is 0 Å². The maximum atomic E-state index is 10.2. The molecule has 3 unspecified atom stereocenters. The Hall–Kier alpha value is -0.900. The maximum absolute atomic E-state index is 10.2. The number of benzene rings is 1. The van der Waals surface area contributed by atoms with Crippen LogP contribution in [0.4, 0.5) is 0 Å². The highest BCUT2D eigenvalue weighted by atomic mass is 16.4. The molecule has 0 spiro atoms. The fourth-order valence-corrected chi connectivity index (χ4v) is 2.92. The SMILES string of the molecule is CC1CC(C)(c2ccccc2)[C@H](O)C(O)[C@@H]1O. The van der Waals surface area contributed by atoms with Gasteiger partial charge in [-0.2, -0.15) is 0 Å². The molecule has 1 aromatic rings. The zero-order chi connectivity index (χ0) is 12.6. The van der Waals surface area contributed by atoms with Gasteiger partial charge in [0.2, 0.25) is 0 Å². The van der Waals surface area contributed by atoms with Crippen molar-refractivity contribution in [2.24, 2.45) is 5.92 Å². The van der Waals surface area contributed by atoms with E-state index in [0.717, 1.165) is 5.56 Å². The smallest absolute Gasteiger partial charge is 0.107 e. The summed E-state index contributed by atoms with van der Waals surface area (Å²) in [6, 6.07) is 9.70. The van der Waals surface area contributed by atoms with E-state index >= 15 is 0 Å². The number of hydrogen-bond donors (Lipinski definition) is 3. The highest BCUT2D eigenvalue weighted by molar-refractivity contribution is 5.28. The van der Waals surface area contributed by atoms with Crippen molar-refractivity contribution in [3.63, 3.8) is 0 Å². The van der Waals surface area contributed by atoms with Crippen LogP contribution in [0.3, 0.4) is 0 Å². The third-order valence-electron chi connectivity index (χ3n) is 4.09. The lowest BCUT2D eigenvalue weighted by atomic mass is 9.63. The van der Waals surface area contributed by atoms with Gasteiger partial charge in [-0.15, -0.1) is 0 Å². The Balaban J connectivity index is 2.37. The molecule has 1 aliphatic rings. The van der Waals surface area contributed by atoms with Crippen molar-refractivity contribution in [1.82, 2.24) is 0 Å². The number of rotatable bonds is 1. The lowest BCUT2D eigenvalue weighted by Crippen LogP contribution is -2.57. The molecular formula is C14H20O3. The summed E-state index contributed by atoms with van der Waals surface area (Å²) < 4.78 is 0. The molecule has 3 heteroatoms. The number of aliphatic hydroxyl groups excluding tert-OH is 3. The van der Waals surface area contributed by atoms with E-state index in [1.165, 1.54) is 0 Å². The molecule has 3 nitrogen and oxygen atoms in total. The average molecular weight is 236 g/mol. The first-order chi connectivity index (χ1) is 7.97. The van der Waals surface area contributed by atoms with Gasteiger partial charge in [0.1, 0.15) is 6.10 Å². The van der Waals surface area contributed by atoms with Gasteiger partial charge in [-0.1, -0.05) is 44.2 Å². The Labute approximate surface area is 102 Å². The van der Waals surface area contributed by atoms with Gasteiger partial charge >= 0.3 is 0 Å². The molecule has 0 amide bonds. The quantitative estimate of drug-likeness (QED) is 0.683. The molecule has 94 valence electrons. The second-order valence-electron chi connectivity index (χ2n) is 5.39. The minimum absolute atomic E-state index is 0.0291. The Morgan fingerprint density at radius 3 is 2.24 bits per heavy atom.